The molecule has 15 heavy (non-hydrogen) atoms. The van der Waals surface area contributed by atoms with Crippen LogP contribution in [0.1, 0.15) is 12.5 Å². The van der Waals surface area contributed by atoms with Crippen molar-refractivity contribution >= 4 is 15.5 Å². The molecule has 5 heteroatoms. The van der Waals surface area contributed by atoms with Gasteiger partial charge in [0.05, 0.1) is 16.7 Å². The van der Waals surface area contributed by atoms with Crippen molar-refractivity contribution < 1.29 is 8.42 Å². The molecule has 4 nitrogen and oxygen atoms in total. The van der Waals surface area contributed by atoms with E-state index in [1.165, 1.54) is 13.0 Å². The van der Waals surface area contributed by atoms with Gasteiger partial charge >= 0.3 is 0 Å². The summed E-state index contributed by atoms with van der Waals surface area (Å²) >= 11 is 0. The van der Waals surface area contributed by atoms with Crippen LogP contribution in [0, 0.1) is 18.3 Å². The Balaban J connectivity index is 3.36. The van der Waals surface area contributed by atoms with Crippen LogP contribution < -0.4 is 5.73 Å². The van der Waals surface area contributed by atoms with Gasteiger partial charge in [0.15, 0.2) is 9.84 Å². The molecule has 0 bridgehead atoms. The van der Waals surface area contributed by atoms with E-state index in [9.17, 15) is 8.42 Å². The number of benzene rings is 1. The fraction of sp³-hybridized carbons (Fsp3) is 0.300. The first kappa shape index (κ1) is 11.5. The van der Waals surface area contributed by atoms with Gasteiger partial charge < -0.3 is 5.73 Å². The van der Waals surface area contributed by atoms with Crippen LogP contribution >= 0.6 is 0 Å². The SMILES string of the molecule is Cc1ccc(S(=O)(=O)C(C)C#N)c(N)c1. The molecule has 0 aliphatic rings. The summed E-state index contributed by atoms with van der Waals surface area (Å²) in [6, 6.07) is 6.38. The summed E-state index contributed by atoms with van der Waals surface area (Å²) < 4.78 is 23.6. The maximum atomic E-state index is 11.8. The first-order chi connectivity index (χ1) is 6.89. The lowest BCUT2D eigenvalue weighted by atomic mass is 10.2. The summed E-state index contributed by atoms with van der Waals surface area (Å²) in [7, 11) is -3.62. The average molecular weight is 224 g/mol. The van der Waals surface area contributed by atoms with Gasteiger partial charge in [-0.15, -0.1) is 0 Å². The number of nitrogens with two attached hydrogens (primary N) is 1. The van der Waals surface area contributed by atoms with Gasteiger partial charge in [0, 0.05) is 0 Å². The van der Waals surface area contributed by atoms with E-state index in [-0.39, 0.29) is 10.6 Å². The number of nitriles is 1. The number of aryl methyl sites for hydroxylation is 1. The van der Waals surface area contributed by atoms with E-state index < -0.39 is 15.1 Å². The summed E-state index contributed by atoms with van der Waals surface area (Å²) in [5.74, 6) is 0. The van der Waals surface area contributed by atoms with E-state index in [0.717, 1.165) is 5.56 Å². The molecule has 0 aliphatic carbocycles. The Hall–Kier alpha value is -1.54. The van der Waals surface area contributed by atoms with Crippen molar-refractivity contribution in [3.05, 3.63) is 23.8 Å². The topological polar surface area (TPSA) is 84.0 Å². The molecule has 0 spiro atoms. The zero-order valence-electron chi connectivity index (χ0n) is 8.56. The minimum Gasteiger partial charge on any atom is -0.398 e. The molecule has 80 valence electrons. The maximum absolute atomic E-state index is 11.8. The van der Waals surface area contributed by atoms with Crippen LogP contribution in [0.2, 0.25) is 0 Å². The molecule has 0 amide bonds. The van der Waals surface area contributed by atoms with Crippen LogP contribution in [-0.4, -0.2) is 13.7 Å². The van der Waals surface area contributed by atoms with Crippen molar-refractivity contribution in [1.82, 2.24) is 0 Å². The normalized spacial score (nSPS) is 13.1. The molecule has 1 unspecified atom stereocenters. The lowest BCUT2D eigenvalue weighted by Crippen LogP contribution is -2.17. The highest BCUT2D eigenvalue weighted by Crippen LogP contribution is 2.23. The van der Waals surface area contributed by atoms with Crippen molar-refractivity contribution in [3.63, 3.8) is 0 Å². The summed E-state index contributed by atoms with van der Waals surface area (Å²) in [6.45, 7) is 3.16. The van der Waals surface area contributed by atoms with Gasteiger partial charge in [-0.1, -0.05) is 6.07 Å². The first-order valence-corrected chi connectivity index (χ1v) is 5.94. The van der Waals surface area contributed by atoms with Crippen molar-refractivity contribution in [2.75, 3.05) is 5.73 Å². The second-order valence-corrected chi connectivity index (χ2v) is 5.59. The molecule has 0 radical (unpaired) electrons. The molecule has 0 heterocycles. The van der Waals surface area contributed by atoms with Gasteiger partial charge in [0.2, 0.25) is 0 Å². The third kappa shape index (κ3) is 2.10. The van der Waals surface area contributed by atoms with Crippen LogP contribution in [0.25, 0.3) is 0 Å². The number of nitrogen functional groups attached to an aromatic ring is 1. The second kappa shape index (κ2) is 3.91. The highest BCUT2D eigenvalue weighted by atomic mass is 32.2. The molecule has 1 rings (SSSR count). The minimum atomic E-state index is -3.62. The van der Waals surface area contributed by atoms with Crippen molar-refractivity contribution in [3.8, 4) is 6.07 Å². The van der Waals surface area contributed by atoms with Crippen LogP contribution in [0.5, 0.6) is 0 Å². The third-order valence-corrected chi connectivity index (χ3v) is 4.14. The molecular weight excluding hydrogens is 212 g/mol. The van der Waals surface area contributed by atoms with Crippen molar-refractivity contribution in [2.45, 2.75) is 24.0 Å². The average Bonchev–Trinajstić information content (AvgIpc) is 2.15. The van der Waals surface area contributed by atoms with E-state index >= 15 is 0 Å². The second-order valence-electron chi connectivity index (χ2n) is 3.36. The maximum Gasteiger partial charge on any atom is 0.196 e. The Morgan fingerprint density at radius 3 is 2.53 bits per heavy atom. The van der Waals surface area contributed by atoms with Gasteiger partial charge in [-0.05, 0) is 31.5 Å². The van der Waals surface area contributed by atoms with Gasteiger partial charge in [0.25, 0.3) is 0 Å². The van der Waals surface area contributed by atoms with E-state index in [4.69, 9.17) is 11.0 Å². The van der Waals surface area contributed by atoms with Crippen LogP contribution in [-0.2, 0) is 9.84 Å². The lowest BCUT2D eigenvalue weighted by Gasteiger charge is -2.09. The summed E-state index contributed by atoms with van der Waals surface area (Å²) in [5, 5.41) is 7.53. The molecular formula is C10H12N2O2S. The number of rotatable bonds is 2. The Morgan fingerprint density at radius 1 is 1.47 bits per heavy atom. The standard InChI is InChI=1S/C10H12N2O2S/c1-7-3-4-10(9(12)5-7)15(13,14)8(2)6-11/h3-5,8H,12H2,1-2H3. The minimum absolute atomic E-state index is 0.0298. The highest BCUT2D eigenvalue weighted by molar-refractivity contribution is 7.92. The molecule has 1 aromatic carbocycles. The molecule has 0 saturated heterocycles. The number of hydrogen-bond acceptors (Lipinski definition) is 4. The lowest BCUT2D eigenvalue weighted by molar-refractivity contribution is 0.592. The Kier molecular flexibility index (Phi) is 3.01. The van der Waals surface area contributed by atoms with Gasteiger partial charge in [0.1, 0.15) is 5.25 Å². The Morgan fingerprint density at radius 2 is 2.07 bits per heavy atom. The van der Waals surface area contributed by atoms with E-state index in [1.54, 1.807) is 18.2 Å². The van der Waals surface area contributed by atoms with E-state index in [1.807, 2.05) is 6.92 Å². The zero-order chi connectivity index (χ0) is 11.6. The smallest absolute Gasteiger partial charge is 0.196 e. The third-order valence-electron chi connectivity index (χ3n) is 2.12. The van der Waals surface area contributed by atoms with Gasteiger partial charge in [-0.25, -0.2) is 8.42 Å². The molecule has 0 aliphatic heterocycles. The highest BCUT2D eigenvalue weighted by Gasteiger charge is 2.24. The first-order valence-electron chi connectivity index (χ1n) is 4.39. The number of sulfone groups is 1. The molecule has 1 atom stereocenters. The summed E-state index contributed by atoms with van der Waals surface area (Å²) in [4.78, 5) is 0.0298. The number of anilines is 1. The van der Waals surface area contributed by atoms with Crippen molar-refractivity contribution in [1.29, 1.82) is 5.26 Å². The fourth-order valence-corrected chi connectivity index (χ4v) is 2.35. The van der Waals surface area contributed by atoms with Crippen LogP contribution in [0.15, 0.2) is 23.1 Å². The molecule has 2 N–H and O–H groups in total. The van der Waals surface area contributed by atoms with Crippen LogP contribution in [0.3, 0.4) is 0 Å². The fourth-order valence-electron chi connectivity index (χ4n) is 1.19. The molecule has 0 aromatic heterocycles. The monoisotopic (exact) mass is 224 g/mol. The zero-order valence-corrected chi connectivity index (χ0v) is 9.38. The largest absolute Gasteiger partial charge is 0.398 e. The van der Waals surface area contributed by atoms with E-state index in [0.29, 0.717) is 0 Å². The number of nitrogens with zero attached hydrogens (tertiary/aromatic N) is 1. The number of hydrogen-bond donors (Lipinski definition) is 1. The molecule has 0 saturated carbocycles. The predicted molar refractivity (Wildman–Crippen MR) is 57.9 cm³/mol. The Bertz CT molecular complexity index is 515. The summed E-state index contributed by atoms with van der Waals surface area (Å²) in [6.07, 6.45) is 0. The molecule has 1 aromatic rings. The van der Waals surface area contributed by atoms with Crippen molar-refractivity contribution in [2.24, 2.45) is 0 Å². The predicted octanol–water partition coefficient (Wildman–Crippen LogP) is 1.26. The summed E-state index contributed by atoms with van der Waals surface area (Å²) in [5.41, 5.74) is 6.69. The van der Waals surface area contributed by atoms with Crippen LogP contribution in [0.4, 0.5) is 5.69 Å². The molecule has 0 fully saturated rings. The van der Waals surface area contributed by atoms with Gasteiger partial charge in [-0.3, -0.25) is 0 Å². The van der Waals surface area contributed by atoms with E-state index in [2.05, 4.69) is 0 Å². The Labute approximate surface area is 89.2 Å². The quantitative estimate of drug-likeness (QED) is 0.766. The van der Waals surface area contributed by atoms with Gasteiger partial charge in [-0.2, -0.15) is 5.26 Å².